The number of amides is 2. The Balaban J connectivity index is 1.51. The number of aliphatic hydroxyl groups is 1. The van der Waals surface area contributed by atoms with Gasteiger partial charge in [-0.25, -0.2) is 9.78 Å². The van der Waals surface area contributed by atoms with Crippen molar-refractivity contribution in [3.05, 3.63) is 58.3 Å². The van der Waals surface area contributed by atoms with E-state index in [-0.39, 0.29) is 12.3 Å². The van der Waals surface area contributed by atoms with Crippen LogP contribution in [0.15, 0.2) is 42.6 Å². The van der Waals surface area contributed by atoms with Crippen LogP contribution in [0.4, 0.5) is 22.0 Å². The number of nitro benzene ring substituents is 1. The van der Waals surface area contributed by atoms with Crippen LogP contribution in [-0.2, 0) is 6.54 Å². The van der Waals surface area contributed by atoms with Crippen LogP contribution in [-0.4, -0.2) is 40.2 Å². The molecule has 1 aliphatic rings. The highest BCUT2D eigenvalue weighted by molar-refractivity contribution is 5.89. The predicted molar refractivity (Wildman–Crippen MR) is 110 cm³/mol. The molecule has 3 N–H and O–H groups in total. The van der Waals surface area contributed by atoms with Gasteiger partial charge >= 0.3 is 6.03 Å². The standard InChI is InChI=1S/C20H25N5O4/c26-12-10-17-3-1-2-11-24(17)19-9-4-15(13-21-19)14-22-20(27)23-16-5-7-18(8-6-16)25(28)29/h4-9,13,17,26H,1-3,10-12,14H2,(H2,22,23,27). The topological polar surface area (TPSA) is 121 Å². The number of aromatic nitrogens is 1. The molecule has 0 radical (unpaired) electrons. The molecule has 9 nitrogen and oxygen atoms in total. The summed E-state index contributed by atoms with van der Waals surface area (Å²) in [4.78, 5) is 29.0. The van der Waals surface area contributed by atoms with Gasteiger partial charge in [0, 0.05) is 49.8 Å². The van der Waals surface area contributed by atoms with Crippen molar-refractivity contribution in [1.82, 2.24) is 10.3 Å². The Bertz CT molecular complexity index is 824. The SMILES string of the molecule is O=C(NCc1ccc(N2CCCCC2CCO)nc1)Nc1ccc([N+](=O)[O-])cc1. The molecule has 0 bridgehead atoms. The summed E-state index contributed by atoms with van der Waals surface area (Å²) in [5, 5.41) is 25.3. The lowest BCUT2D eigenvalue weighted by Gasteiger charge is -2.36. The molecule has 1 fully saturated rings. The van der Waals surface area contributed by atoms with E-state index in [1.54, 1.807) is 6.20 Å². The zero-order valence-electron chi connectivity index (χ0n) is 16.1. The Kier molecular flexibility index (Phi) is 6.96. The van der Waals surface area contributed by atoms with E-state index < -0.39 is 11.0 Å². The van der Waals surface area contributed by atoms with Crippen molar-refractivity contribution in [2.45, 2.75) is 38.3 Å². The number of non-ortho nitro benzene ring substituents is 1. The lowest BCUT2D eigenvalue weighted by atomic mass is 9.99. The second kappa shape index (κ2) is 9.83. The van der Waals surface area contributed by atoms with Crippen molar-refractivity contribution in [3.8, 4) is 0 Å². The fourth-order valence-corrected chi connectivity index (χ4v) is 3.47. The van der Waals surface area contributed by atoms with Crippen molar-refractivity contribution in [3.63, 3.8) is 0 Å². The average molecular weight is 399 g/mol. The molecule has 0 spiro atoms. The van der Waals surface area contributed by atoms with Gasteiger partial charge in [0.2, 0.25) is 0 Å². The van der Waals surface area contributed by atoms with Crippen LogP contribution < -0.4 is 15.5 Å². The number of nitrogens with zero attached hydrogens (tertiary/aromatic N) is 3. The first kappa shape index (κ1) is 20.5. The van der Waals surface area contributed by atoms with Gasteiger partial charge < -0.3 is 20.6 Å². The van der Waals surface area contributed by atoms with E-state index >= 15 is 0 Å². The summed E-state index contributed by atoms with van der Waals surface area (Å²) >= 11 is 0. The molecule has 2 amide bonds. The molecule has 1 aromatic heterocycles. The molecule has 1 aliphatic heterocycles. The molecule has 0 aliphatic carbocycles. The number of anilines is 2. The summed E-state index contributed by atoms with van der Waals surface area (Å²) in [6, 6.07) is 9.43. The van der Waals surface area contributed by atoms with Crippen LogP contribution >= 0.6 is 0 Å². The second-order valence-corrected chi connectivity index (χ2v) is 6.99. The molecular formula is C20H25N5O4. The number of hydrogen-bond donors (Lipinski definition) is 3. The average Bonchev–Trinajstić information content (AvgIpc) is 2.74. The van der Waals surface area contributed by atoms with Crippen molar-refractivity contribution in [1.29, 1.82) is 0 Å². The Morgan fingerprint density at radius 2 is 2.03 bits per heavy atom. The molecule has 29 heavy (non-hydrogen) atoms. The summed E-state index contributed by atoms with van der Waals surface area (Å²) in [5.74, 6) is 0.891. The van der Waals surface area contributed by atoms with Crippen LogP contribution in [0, 0.1) is 10.1 Å². The van der Waals surface area contributed by atoms with E-state index in [4.69, 9.17) is 0 Å². The third-order valence-electron chi connectivity index (χ3n) is 4.98. The summed E-state index contributed by atoms with van der Waals surface area (Å²) in [6.45, 7) is 1.42. The summed E-state index contributed by atoms with van der Waals surface area (Å²) in [6.07, 6.45) is 5.84. The third-order valence-corrected chi connectivity index (χ3v) is 4.98. The second-order valence-electron chi connectivity index (χ2n) is 6.99. The van der Waals surface area contributed by atoms with Crippen LogP contribution in [0.1, 0.15) is 31.2 Å². The highest BCUT2D eigenvalue weighted by atomic mass is 16.6. The lowest BCUT2D eigenvalue weighted by Crippen LogP contribution is -2.40. The Morgan fingerprint density at radius 1 is 1.24 bits per heavy atom. The zero-order chi connectivity index (χ0) is 20.6. The van der Waals surface area contributed by atoms with E-state index in [0.29, 0.717) is 18.3 Å². The maximum absolute atomic E-state index is 12.0. The fraction of sp³-hybridized carbons (Fsp3) is 0.400. The molecule has 1 atom stereocenters. The number of carbonyl (C=O) groups is 1. The number of carbonyl (C=O) groups excluding carboxylic acids is 1. The number of nitro groups is 1. The summed E-state index contributed by atoms with van der Waals surface area (Å²) in [5.41, 5.74) is 1.31. The van der Waals surface area contributed by atoms with Gasteiger partial charge in [0.1, 0.15) is 5.82 Å². The summed E-state index contributed by atoms with van der Waals surface area (Å²) < 4.78 is 0. The Labute approximate surface area is 168 Å². The normalized spacial score (nSPS) is 16.3. The lowest BCUT2D eigenvalue weighted by molar-refractivity contribution is -0.384. The molecular weight excluding hydrogens is 374 g/mol. The van der Waals surface area contributed by atoms with Gasteiger partial charge in [-0.15, -0.1) is 0 Å². The fourth-order valence-electron chi connectivity index (χ4n) is 3.47. The van der Waals surface area contributed by atoms with Crippen LogP contribution in [0.3, 0.4) is 0 Å². The number of urea groups is 1. The van der Waals surface area contributed by atoms with Gasteiger partial charge in [-0.1, -0.05) is 6.07 Å². The molecule has 1 aromatic carbocycles. The van der Waals surface area contributed by atoms with Crippen molar-refractivity contribution in [2.24, 2.45) is 0 Å². The van der Waals surface area contributed by atoms with Gasteiger partial charge in [0.05, 0.1) is 4.92 Å². The van der Waals surface area contributed by atoms with Crippen molar-refractivity contribution < 1.29 is 14.8 Å². The highest BCUT2D eigenvalue weighted by Gasteiger charge is 2.22. The molecule has 2 heterocycles. The van der Waals surface area contributed by atoms with Crippen LogP contribution in [0.25, 0.3) is 0 Å². The van der Waals surface area contributed by atoms with E-state index in [2.05, 4.69) is 20.5 Å². The van der Waals surface area contributed by atoms with E-state index in [1.807, 2.05) is 12.1 Å². The van der Waals surface area contributed by atoms with Crippen molar-refractivity contribution in [2.75, 3.05) is 23.4 Å². The molecule has 9 heteroatoms. The molecule has 154 valence electrons. The van der Waals surface area contributed by atoms with E-state index in [1.165, 1.54) is 30.7 Å². The van der Waals surface area contributed by atoms with E-state index in [9.17, 15) is 20.0 Å². The van der Waals surface area contributed by atoms with Gasteiger partial charge in [-0.05, 0) is 49.4 Å². The summed E-state index contributed by atoms with van der Waals surface area (Å²) in [7, 11) is 0. The molecule has 2 aromatic rings. The van der Waals surface area contributed by atoms with Crippen LogP contribution in [0.5, 0.6) is 0 Å². The minimum absolute atomic E-state index is 0.0305. The van der Waals surface area contributed by atoms with Gasteiger partial charge in [-0.2, -0.15) is 0 Å². The minimum Gasteiger partial charge on any atom is -0.396 e. The molecule has 0 saturated carbocycles. The van der Waals surface area contributed by atoms with Gasteiger partial charge in [-0.3, -0.25) is 10.1 Å². The zero-order valence-corrected chi connectivity index (χ0v) is 16.1. The number of pyridine rings is 1. The first-order valence-corrected chi connectivity index (χ1v) is 9.68. The first-order chi connectivity index (χ1) is 14.1. The largest absolute Gasteiger partial charge is 0.396 e. The van der Waals surface area contributed by atoms with Gasteiger partial charge in [0.15, 0.2) is 0 Å². The monoisotopic (exact) mass is 399 g/mol. The predicted octanol–water partition coefficient (Wildman–Crippen LogP) is 3.05. The molecule has 1 saturated heterocycles. The number of benzene rings is 1. The van der Waals surface area contributed by atoms with Crippen LogP contribution in [0.2, 0.25) is 0 Å². The number of hydrogen-bond acceptors (Lipinski definition) is 6. The number of nitrogens with one attached hydrogen (secondary N) is 2. The van der Waals surface area contributed by atoms with E-state index in [0.717, 1.165) is 37.2 Å². The highest BCUT2D eigenvalue weighted by Crippen LogP contribution is 2.25. The minimum atomic E-state index is -0.490. The number of rotatable bonds is 7. The third kappa shape index (κ3) is 5.64. The number of piperidine rings is 1. The first-order valence-electron chi connectivity index (χ1n) is 9.68. The smallest absolute Gasteiger partial charge is 0.319 e. The quantitative estimate of drug-likeness (QED) is 0.486. The Hall–Kier alpha value is -3.20. The maximum Gasteiger partial charge on any atom is 0.319 e. The Morgan fingerprint density at radius 3 is 2.69 bits per heavy atom. The maximum atomic E-state index is 12.0. The molecule has 1 unspecified atom stereocenters. The van der Waals surface area contributed by atoms with Gasteiger partial charge in [0.25, 0.3) is 5.69 Å². The van der Waals surface area contributed by atoms with Crippen molar-refractivity contribution >= 4 is 23.2 Å². The molecule has 3 rings (SSSR count). The number of aliphatic hydroxyl groups excluding tert-OH is 1.